The lowest BCUT2D eigenvalue weighted by Gasteiger charge is -2.38. The third-order valence-corrected chi connectivity index (χ3v) is 8.37. The van der Waals surface area contributed by atoms with Gasteiger partial charge in [-0.1, -0.05) is 68.3 Å². The van der Waals surface area contributed by atoms with Crippen molar-refractivity contribution in [3.8, 4) is 16.9 Å². The summed E-state index contributed by atoms with van der Waals surface area (Å²) in [5.74, 6) is 0.851. The van der Waals surface area contributed by atoms with Crippen LogP contribution in [0.25, 0.3) is 11.1 Å². The third-order valence-electron chi connectivity index (χ3n) is 8.37. The molecule has 0 atom stereocenters. The Balaban J connectivity index is 1.28. The van der Waals surface area contributed by atoms with Crippen LogP contribution in [-0.2, 0) is 19.5 Å². The van der Waals surface area contributed by atoms with Gasteiger partial charge in [0.05, 0.1) is 19.1 Å². The molecule has 226 valence electrons. The average molecular weight is 581 g/mol. The van der Waals surface area contributed by atoms with Gasteiger partial charge in [-0.15, -0.1) is 0 Å². The lowest BCUT2D eigenvalue weighted by atomic mass is 9.99. The Labute approximate surface area is 255 Å². The van der Waals surface area contributed by atoms with Crippen molar-refractivity contribution in [1.82, 2.24) is 9.80 Å². The van der Waals surface area contributed by atoms with Gasteiger partial charge >= 0.3 is 0 Å². The molecule has 1 aliphatic heterocycles. The zero-order valence-electron chi connectivity index (χ0n) is 25.3. The second kappa shape index (κ2) is 15.6. The van der Waals surface area contributed by atoms with Gasteiger partial charge in [-0.3, -0.25) is 9.69 Å². The molecule has 1 amide bonds. The van der Waals surface area contributed by atoms with Crippen molar-refractivity contribution in [1.29, 1.82) is 0 Å². The summed E-state index contributed by atoms with van der Waals surface area (Å²) in [6.07, 6.45) is 10.1. The monoisotopic (exact) mass is 580 g/mol. The summed E-state index contributed by atoms with van der Waals surface area (Å²) in [6, 6.07) is 26.9. The number of furan rings is 1. The zero-order chi connectivity index (χ0) is 29.9. The predicted molar refractivity (Wildman–Crippen MR) is 171 cm³/mol. The van der Waals surface area contributed by atoms with E-state index in [4.69, 9.17) is 14.3 Å². The Morgan fingerprint density at radius 3 is 2.19 bits per heavy atom. The van der Waals surface area contributed by atoms with E-state index in [1.165, 1.54) is 30.4 Å². The van der Waals surface area contributed by atoms with E-state index in [2.05, 4.69) is 53.1 Å². The molecule has 0 unspecified atom stereocenters. The maximum absolute atomic E-state index is 14.0. The van der Waals surface area contributed by atoms with Gasteiger partial charge in [0.1, 0.15) is 12.4 Å². The molecule has 0 aliphatic carbocycles. The van der Waals surface area contributed by atoms with E-state index in [0.29, 0.717) is 6.54 Å². The number of aliphatic hydroxyl groups excluding tert-OH is 1. The van der Waals surface area contributed by atoms with Crippen LogP contribution in [0.5, 0.6) is 5.75 Å². The first kappa shape index (κ1) is 30.6. The smallest absolute Gasteiger partial charge is 0.254 e. The highest BCUT2D eigenvalue weighted by atomic mass is 16.5. The number of hydrogen-bond donors (Lipinski definition) is 1. The van der Waals surface area contributed by atoms with Gasteiger partial charge in [0.2, 0.25) is 0 Å². The Bertz CT molecular complexity index is 1370. The summed E-state index contributed by atoms with van der Waals surface area (Å²) < 4.78 is 10.8. The maximum atomic E-state index is 14.0. The maximum Gasteiger partial charge on any atom is 0.254 e. The van der Waals surface area contributed by atoms with E-state index in [1.807, 2.05) is 48.7 Å². The minimum Gasteiger partial charge on any atom is -0.491 e. The van der Waals surface area contributed by atoms with Gasteiger partial charge in [0, 0.05) is 43.3 Å². The van der Waals surface area contributed by atoms with E-state index < -0.39 is 0 Å². The van der Waals surface area contributed by atoms with Crippen LogP contribution < -0.4 is 4.74 Å². The largest absolute Gasteiger partial charge is 0.491 e. The molecule has 6 heteroatoms. The molecule has 3 aromatic carbocycles. The summed E-state index contributed by atoms with van der Waals surface area (Å²) in [4.78, 5) is 18.6. The predicted octanol–water partition coefficient (Wildman–Crippen LogP) is 7.36. The van der Waals surface area contributed by atoms with E-state index in [9.17, 15) is 4.79 Å². The number of likely N-dealkylation sites (tertiary alicyclic amines) is 1. The summed E-state index contributed by atoms with van der Waals surface area (Å²) in [5.41, 5.74) is 6.59. The molecule has 43 heavy (non-hydrogen) atoms. The highest BCUT2D eigenvalue weighted by molar-refractivity contribution is 5.94. The summed E-state index contributed by atoms with van der Waals surface area (Å²) in [7, 11) is 0. The number of hydrogen-bond acceptors (Lipinski definition) is 5. The fourth-order valence-electron chi connectivity index (χ4n) is 5.86. The molecule has 1 saturated heterocycles. The molecule has 1 aliphatic rings. The number of piperidine rings is 1. The van der Waals surface area contributed by atoms with Crippen molar-refractivity contribution in [2.45, 2.75) is 64.6 Å². The number of carbonyl (C=O) groups excluding carboxylic acids is 1. The van der Waals surface area contributed by atoms with Crippen molar-refractivity contribution in [3.63, 3.8) is 0 Å². The van der Waals surface area contributed by atoms with Gasteiger partial charge < -0.3 is 19.2 Å². The van der Waals surface area contributed by atoms with Crippen molar-refractivity contribution in [2.24, 2.45) is 0 Å². The molecule has 1 fully saturated rings. The molecule has 4 aromatic rings. The lowest BCUT2D eigenvalue weighted by molar-refractivity contribution is 0.0542. The van der Waals surface area contributed by atoms with E-state index in [1.54, 1.807) is 6.26 Å². The Hall–Kier alpha value is -3.87. The number of amides is 1. The average Bonchev–Trinajstić information content (AvgIpc) is 3.57. The topological polar surface area (TPSA) is 66.2 Å². The number of unbranched alkanes of at least 4 members (excludes halogenated alkanes) is 2. The number of aliphatic hydroxyl groups is 1. The van der Waals surface area contributed by atoms with Gasteiger partial charge in [-0.25, -0.2) is 0 Å². The second-order valence-corrected chi connectivity index (χ2v) is 11.5. The van der Waals surface area contributed by atoms with Crippen LogP contribution in [0.15, 0.2) is 95.8 Å². The van der Waals surface area contributed by atoms with Crippen LogP contribution in [0.4, 0.5) is 0 Å². The number of rotatable bonds is 14. The number of nitrogens with zero attached hydrogens (tertiary/aromatic N) is 2. The van der Waals surface area contributed by atoms with Crippen LogP contribution in [0.2, 0.25) is 0 Å². The molecule has 2 heterocycles. The summed E-state index contributed by atoms with van der Waals surface area (Å²) >= 11 is 0. The fourth-order valence-corrected chi connectivity index (χ4v) is 5.86. The highest BCUT2D eigenvalue weighted by Crippen LogP contribution is 2.26. The van der Waals surface area contributed by atoms with E-state index in [-0.39, 0.29) is 25.2 Å². The number of ether oxygens (including phenoxy) is 1. The molecule has 1 aromatic heterocycles. The number of benzene rings is 3. The SMILES string of the molecule is CCCCCc1ccc(C(=O)N(Cc2ccc(-c3ccc(OCCO)cc3)cc2)C2CCN(Cc3ccoc3)CC2)cc1. The molecule has 6 nitrogen and oxygen atoms in total. The molecule has 0 radical (unpaired) electrons. The van der Waals surface area contributed by atoms with Gasteiger partial charge in [-0.2, -0.15) is 0 Å². The Morgan fingerprint density at radius 1 is 0.884 bits per heavy atom. The Morgan fingerprint density at radius 2 is 1.56 bits per heavy atom. The van der Waals surface area contributed by atoms with Crippen molar-refractivity contribution < 1.29 is 19.1 Å². The van der Waals surface area contributed by atoms with Crippen molar-refractivity contribution >= 4 is 5.91 Å². The molecule has 0 bridgehead atoms. The number of carbonyl (C=O) groups is 1. The number of aryl methyl sites for hydroxylation is 1. The minimum atomic E-state index is -0.00248. The van der Waals surface area contributed by atoms with Gasteiger partial charge in [-0.05, 0) is 78.3 Å². The molecule has 0 saturated carbocycles. The normalized spacial score (nSPS) is 14.1. The summed E-state index contributed by atoms with van der Waals surface area (Å²) in [5, 5.41) is 8.98. The van der Waals surface area contributed by atoms with Crippen LogP contribution in [-0.4, -0.2) is 53.2 Å². The molecule has 0 spiro atoms. The third kappa shape index (κ3) is 8.59. The quantitative estimate of drug-likeness (QED) is 0.158. The minimum absolute atomic E-state index is 0.00248. The standard InChI is InChI=1S/C37H44N2O4/c1-2-3-4-5-29-6-12-34(13-7-29)37(41)39(35-18-21-38(22-19-35)26-31-20-24-42-28-31)27-30-8-10-32(11-9-30)33-14-16-36(17-15-33)43-25-23-40/h6-17,20,24,28,35,40H,2-5,18-19,21-23,25-27H2,1H3. The van der Waals surface area contributed by atoms with Crippen LogP contribution in [0.3, 0.4) is 0 Å². The molecule has 1 N–H and O–H groups in total. The van der Waals surface area contributed by atoms with Crippen LogP contribution in [0.1, 0.15) is 66.1 Å². The fraction of sp³-hybridized carbons (Fsp3) is 0.378. The summed E-state index contributed by atoms with van der Waals surface area (Å²) in [6.45, 7) is 5.87. The highest BCUT2D eigenvalue weighted by Gasteiger charge is 2.29. The van der Waals surface area contributed by atoms with Crippen molar-refractivity contribution in [3.05, 3.63) is 114 Å². The van der Waals surface area contributed by atoms with Crippen LogP contribution in [0, 0.1) is 0 Å². The van der Waals surface area contributed by atoms with Gasteiger partial charge in [0.15, 0.2) is 0 Å². The first-order valence-electron chi connectivity index (χ1n) is 15.7. The van der Waals surface area contributed by atoms with Gasteiger partial charge in [0.25, 0.3) is 5.91 Å². The van der Waals surface area contributed by atoms with E-state index in [0.717, 1.165) is 66.9 Å². The molecular formula is C37H44N2O4. The van der Waals surface area contributed by atoms with E-state index >= 15 is 0 Å². The second-order valence-electron chi connectivity index (χ2n) is 11.5. The lowest BCUT2D eigenvalue weighted by Crippen LogP contribution is -2.46. The van der Waals surface area contributed by atoms with Crippen LogP contribution >= 0.6 is 0 Å². The first-order chi connectivity index (χ1) is 21.1. The van der Waals surface area contributed by atoms with Crippen molar-refractivity contribution in [2.75, 3.05) is 26.3 Å². The first-order valence-corrected chi connectivity index (χ1v) is 15.7. The Kier molecular flexibility index (Phi) is 11.1. The molecule has 5 rings (SSSR count). The molecular weight excluding hydrogens is 536 g/mol. The zero-order valence-corrected chi connectivity index (χ0v) is 25.3.